The van der Waals surface area contributed by atoms with Gasteiger partial charge in [0, 0.05) is 17.1 Å². The summed E-state index contributed by atoms with van der Waals surface area (Å²) in [6, 6.07) is 12.4. The Labute approximate surface area is 102 Å². The van der Waals surface area contributed by atoms with Crippen molar-refractivity contribution in [1.29, 1.82) is 0 Å². The van der Waals surface area contributed by atoms with Gasteiger partial charge >= 0.3 is 0 Å². The first-order chi connectivity index (χ1) is 8.06. The number of hydrogen-bond acceptors (Lipinski definition) is 2. The summed E-state index contributed by atoms with van der Waals surface area (Å²) in [6.45, 7) is 6.22. The fraction of sp³-hybridized carbons (Fsp3) is 0.200. The van der Waals surface area contributed by atoms with E-state index in [1.165, 1.54) is 11.1 Å². The van der Waals surface area contributed by atoms with Gasteiger partial charge in [-0.25, -0.2) is 0 Å². The summed E-state index contributed by atoms with van der Waals surface area (Å²) in [5.74, 6) is 0. The van der Waals surface area contributed by atoms with E-state index >= 15 is 0 Å². The summed E-state index contributed by atoms with van der Waals surface area (Å²) in [5, 5.41) is 3.43. The second kappa shape index (κ2) is 4.50. The highest BCUT2D eigenvalue weighted by molar-refractivity contribution is 5.66. The van der Waals surface area contributed by atoms with E-state index in [0.29, 0.717) is 0 Å². The first kappa shape index (κ1) is 11.5. The van der Waals surface area contributed by atoms with Crippen LogP contribution in [0.5, 0.6) is 0 Å². The van der Waals surface area contributed by atoms with Crippen molar-refractivity contribution in [2.75, 3.05) is 11.1 Å². The lowest BCUT2D eigenvalue weighted by atomic mass is 10.1. The van der Waals surface area contributed by atoms with E-state index in [4.69, 9.17) is 5.73 Å². The summed E-state index contributed by atoms with van der Waals surface area (Å²) in [4.78, 5) is 0. The summed E-state index contributed by atoms with van der Waals surface area (Å²) >= 11 is 0. The standard InChI is InChI=1S/C15H18N2/c1-10-4-5-11(2)15(8-10)17-13-6-7-14(16)12(3)9-13/h4-9,17H,16H2,1-3H3. The molecule has 0 aliphatic rings. The second-order valence-electron chi connectivity index (χ2n) is 4.51. The van der Waals surface area contributed by atoms with Crippen molar-refractivity contribution < 1.29 is 0 Å². The van der Waals surface area contributed by atoms with Gasteiger partial charge in [0.25, 0.3) is 0 Å². The number of nitrogens with two attached hydrogens (primary N) is 1. The number of benzene rings is 2. The SMILES string of the molecule is Cc1ccc(C)c(Nc2ccc(N)c(C)c2)c1. The third kappa shape index (κ3) is 2.59. The van der Waals surface area contributed by atoms with Crippen LogP contribution in [0.2, 0.25) is 0 Å². The zero-order chi connectivity index (χ0) is 12.4. The molecule has 2 aromatic carbocycles. The molecule has 0 radical (unpaired) electrons. The van der Waals surface area contributed by atoms with Crippen LogP contribution in [0.15, 0.2) is 36.4 Å². The molecule has 0 aliphatic carbocycles. The second-order valence-corrected chi connectivity index (χ2v) is 4.51. The lowest BCUT2D eigenvalue weighted by molar-refractivity contribution is 1.37. The lowest BCUT2D eigenvalue weighted by Gasteiger charge is -2.11. The third-order valence-corrected chi connectivity index (χ3v) is 2.94. The average Bonchev–Trinajstić information content (AvgIpc) is 2.29. The first-order valence-electron chi connectivity index (χ1n) is 5.76. The molecular weight excluding hydrogens is 208 g/mol. The van der Waals surface area contributed by atoms with E-state index in [-0.39, 0.29) is 0 Å². The van der Waals surface area contributed by atoms with Crippen LogP contribution in [0.1, 0.15) is 16.7 Å². The molecular formula is C15H18N2. The molecule has 2 heteroatoms. The van der Waals surface area contributed by atoms with Crippen LogP contribution in [0.3, 0.4) is 0 Å². The van der Waals surface area contributed by atoms with Gasteiger partial charge in [-0.05, 0) is 61.7 Å². The van der Waals surface area contributed by atoms with Gasteiger partial charge in [0.05, 0.1) is 0 Å². The van der Waals surface area contributed by atoms with Crippen molar-refractivity contribution in [2.45, 2.75) is 20.8 Å². The van der Waals surface area contributed by atoms with Crippen molar-refractivity contribution in [3.63, 3.8) is 0 Å². The van der Waals surface area contributed by atoms with Crippen LogP contribution in [0, 0.1) is 20.8 Å². The fourth-order valence-corrected chi connectivity index (χ4v) is 1.78. The van der Waals surface area contributed by atoms with Crippen molar-refractivity contribution in [1.82, 2.24) is 0 Å². The quantitative estimate of drug-likeness (QED) is 0.761. The van der Waals surface area contributed by atoms with Gasteiger partial charge in [-0.15, -0.1) is 0 Å². The van der Waals surface area contributed by atoms with E-state index in [0.717, 1.165) is 22.6 Å². The molecule has 0 amide bonds. The van der Waals surface area contributed by atoms with Crippen LogP contribution in [-0.4, -0.2) is 0 Å². The molecule has 0 aliphatic heterocycles. The van der Waals surface area contributed by atoms with E-state index in [1.807, 2.05) is 19.1 Å². The number of aryl methyl sites for hydroxylation is 3. The molecule has 17 heavy (non-hydrogen) atoms. The molecule has 0 atom stereocenters. The van der Waals surface area contributed by atoms with Gasteiger partial charge in [-0.3, -0.25) is 0 Å². The maximum absolute atomic E-state index is 5.81. The van der Waals surface area contributed by atoms with Gasteiger partial charge in [-0.2, -0.15) is 0 Å². The molecule has 0 spiro atoms. The van der Waals surface area contributed by atoms with Crippen molar-refractivity contribution in [3.05, 3.63) is 53.1 Å². The molecule has 3 N–H and O–H groups in total. The Morgan fingerprint density at radius 2 is 1.65 bits per heavy atom. The molecule has 2 aromatic rings. The van der Waals surface area contributed by atoms with Crippen LogP contribution in [0.4, 0.5) is 17.1 Å². The summed E-state index contributed by atoms with van der Waals surface area (Å²) in [6.07, 6.45) is 0. The van der Waals surface area contributed by atoms with E-state index < -0.39 is 0 Å². The minimum atomic E-state index is 0.830. The average molecular weight is 226 g/mol. The number of nitrogens with one attached hydrogen (secondary N) is 1. The Morgan fingerprint density at radius 1 is 0.882 bits per heavy atom. The lowest BCUT2D eigenvalue weighted by Crippen LogP contribution is -1.96. The molecule has 0 aromatic heterocycles. The van der Waals surface area contributed by atoms with Gasteiger partial charge in [0.15, 0.2) is 0 Å². The molecule has 0 heterocycles. The third-order valence-electron chi connectivity index (χ3n) is 2.94. The molecule has 0 fully saturated rings. The maximum atomic E-state index is 5.81. The zero-order valence-electron chi connectivity index (χ0n) is 10.5. The Hall–Kier alpha value is -1.96. The van der Waals surface area contributed by atoms with Crippen molar-refractivity contribution >= 4 is 17.1 Å². The number of rotatable bonds is 2. The topological polar surface area (TPSA) is 38.0 Å². The normalized spacial score (nSPS) is 10.3. The molecule has 0 unspecified atom stereocenters. The summed E-state index contributed by atoms with van der Waals surface area (Å²) in [7, 11) is 0. The minimum absolute atomic E-state index is 0.830. The first-order valence-corrected chi connectivity index (χ1v) is 5.76. The number of anilines is 3. The highest BCUT2D eigenvalue weighted by Gasteiger charge is 2.01. The fourth-order valence-electron chi connectivity index (χ4n) is 1.78. The van der Waals surface area contributed by atoms with Gasteiger partial charge in [-0.1, -0.05) is 12.1 Å². The number of nitrogen functional groups attached to an aromatic ring is 1. The number of hydrogen-bond donors (Lipinski definition) is 2. The summed E-state index contributed by atoms with van der Waals surface area (Å²) in [5.41, 5.74) is 12.5. The van der Waals surface area contributed by atoms with Crippen LogP contribution in [-0.2, 0) is 0 Å². The minimum Gasteiger partial charge on any atom is -0.399 e. The van der Waals surface area contributed by atoms with E-state index in [1.54, 1.807) is 0 Å². The van der Waals surface area contributed by atoms with Gasteiger partial charge in [0.1, 0.15) is 0 Å². The molecule has 88 valence electrons. The largest absolute Gasteiger partial charge is 0.399 e. The zero-order valence-corrected chi connectivity index (χ0v) is 10.5. The highest BCUT2D eigenvalue weighted by atomic mass is 14.9. The predicted octanol–water partition coefficient (Wildman–Crippen LogP) is 3.94. The monoisotopic (exact) mass is 226 g/mol. The molecule has 0 saturated heterocycles. The van der Waals surface area contributed by atoms with Crippen LogP contribution in [0.25, 0.3) is 0 Å². The van der Waals surface area contributed by atoms with E-state index in [2.05, 4.69) is 43.4 Å². The molecule has 0 saturated carbocycles. The molecule has 2 nitrogen and oxygen atoms in total. The predicted molar refractivity (Wildman–Crippen MR) is 74.8 cm³/mol. The van der Waals surface area contributed by atoms with Gasteiger partial charge < -0.3 is 11.1 Å². The maximum Gasteiger partial charge on any atom is 0.0416 e. The Bertz CT molecular complexity index is 545. The van der Waals surface area contributed by atoms with Crippen molar-refractivity contribution in [3.8, 4) is 0 Å². The molecule has 0 bridgehead atoms. The molecule has 2 rings (SSSR count). The van der Waals surface area contributed by atoms with Crippen LogP contribution >= 0.6 is 0 Å². The highest BCUT2D eigenvalue weighted by Crippen LogP contribution is 2.24. The van der Waals surface area contributed by atoms with Gasteiger partial charge in [0.2, 0.25) is 0 Å². The Morgan fingerprint density at radius 3 is 2.35 bits per heavy atom. The Balaban J connectivity index is 2.31. The van der Waals surface area contributed by atoms with Crippen molar-refractivity contribution in [2.24, 2.45) is 0 Å². The van der Waals surface area contributed by atoms with E-state index in [9.17, 15) is 0 Å². The Kier molecular flexibility index (Phi) is 3.05. The van der Waals surface area contributed by atoms with Crippen LogP contribution < -0.4 is 11.1 Å². The smallest absolute Gasteiger partial charge is 0.0416 e. The summed E-state index contributed by atoms with van der Waals surface area (Å²) < 4.78 is 0.